The van der Waals surface area contributed by atoms with Crippen molar-refractivity contribution in [3.05, 3.63) is 46.6 Å². The van der Waals surface area contributed by atoms with Gasteiger partial charge in [-0.05, 0) is 17.7 Å². The summed E-state index contributed by atoms with van der Waals surface area (Å²) in [5, 5.41) is 0. The Balaban J connectivity index is 2.26. The third kappa shape index (κ3) is 1.93. The van der Waals surface area contributed by atoms with E-state index >= 15 is 0 Å². The smallest absolute Gasteiger partial charge is 0.325 e. The first kappa shape index (κ1) is 10.4. The van der Waals surface area contributed by atoms with Crippen LogP contribution in [0, 0.1) is 0 Å². The summed E-state index contributed by atoms with van der Waals surface area (Å²) in [5.41, 5.74) is 7.18. The molecule has 1 aromatic heterocycles. The van der Waals surface area contributed by atoms with E-state index in [1.54, 1.807) is 36.2 Å². The van der Waals surface area contributed by atoms with Crippen LogP contribution in [-0.2, 0) is 6.54 Å². The Labute approximate surface area is 92.5 Å². The summed E-state index contributed by atoms with van der Waals surface area (Å²) in [6, 6.07) is 5.48. The molecule has 0 atom stereocenters. The van der Waals surface area contributed by atoms with Crippen LogP contribution in [0.1, 0.15) is 5.56 Å². The molecule has 84 valence electrons. The molecule has 0 amide bonds. The Kier molecular flexibility index (Phi) is 2.68. The summed E-state index contributed by atoms with van der Waals surface area (Å²) < 4.78 is 6.63. The van der Waals surface area contributed by atoms with Crippen molar-refractivity contribution < 1.29 is 4.74 Å². The lowest BCUT2D eigenvalue weighted by Gasteiger charge is -2.07. The maximum absolute atomic E-state index is 11.3. The third-order valence-corrected chi connectivity index (χ3v) is 2.37. The van der Waals surface area contributed by atoms with Crippen LogP contribution in [0.2, 0.25) is 0 Å². The molecule has 0 fully saturated rings. The van der Waals surface area contributed by atoms with E-state index in [9.17, 15) is 4.79 Å². The monoisotopic (exact) mass is 219 g/mol. The minimum absolute atomic E-state index is 0.130. The Hall–Kier alpha value is -2.17. The number of hydrogen-bond donors (Lipinski definition) is 2. The van der Waals surface area contributed by atoms with Crippen molar-refractivity contribution in [2.75, 3.05) is 12.8 Å². The molecule has 5 heteroatoms. The average Bonchev–Trinajstić information content (AvgIpc) is 2.65. The second-order valence-electron chi connectivity index (χ2n) is 3.47. The highest BCUT2D eigenvalue weighted by atomic mass is 16.5. The number of H-pyrrole nitrogens is 1. The van der Waals surface area contributed by atoms with Crippen LogP contribution in [0.3, 0.4) is 0 Å². The van der Waals surface area contributed by atoms with Crippen LogP contribution in [0.5, 0.6) is 5.75 Å². The Morgan fingerprint density at radius 1 is 1.50 bits per heavy atom. The molecule has 0 bridgehead atoms. The van der Waals surface area contributed by atoms with Crippen LogP contribution in [-0.4, -0.2) is 16.7 Å². The number of nitrogens with two attached hydrogens (primary N) is 1. The van der Waals surface area contributed by atoms with Crippen LogP contribution >= 0.6 is 0 Å². The molecule has 5 nitrogen and oxygen atoms in total. The molecule has 2 aromatic rings. The zero-order valence-corrected chi connectivity index (χ0v) is 8.93. The fraction of sp³-hybridized carbons (Fsp3) is 0.182. The molecule has 0 saturated heterocycles. The molecule has 3 N–H and O–H groups in total. The van der Waals surface area contributed by atoms with Gasteiger partial charge in [0.1, 0.15) is 5.75 Å². The van der Waals surface area contributed by atoms with E-state index in [0.717, 1.165) is 5.56 Å². The molecule has 16 heavy (non-hydrogen) atoms. The topological polar surface area (TPSA) is 73.0 Å². The van der Waals surface area contributed by atoms with E-state index in [1.807, 2.05) is 6.07 Å². The predicted octanol–water partition coefficient (Wildman–Crippen LogP) is 0.815. The van der Waals surface area contributed by atoms with Crippen molar-refractivity contribution in [2.24, 2.45) is 0 Å². The molecule has 0 aliphatic carbocycles. The highest BCUT2D eigenvalue weighted by Gasteiger charge is 2.02. The minimum Gasteiger partial charge on any atom is -0.495 e. The Morgan fingerprint density at radius 3 is 2.88 bits per heavy atom. The molecule has 1 aromatic carbocycles. The van der Waals surface area contributed by atoms with Crippen molar-refractivity contribution in [2.45, 2.75) is 6.54 Å². The Bertz CT molecular complexity index is 542. The molecule has 0 radical (unpaired) electrons. The summed E-state index contributed by atoms with van der Waals surface area (Å²) in [7, 11) is 1.57. The van der Waals surface area contributed by atoms with Gasteiger partial charge in [0.2, 0.25) is 0 Å². The zero-order chi connectivity index (χ0) is 11.5. The number of hydrogen-bond acceptors (Lipinski definition) is 3. The van der Waals surface area contributed by atoms with Gasteiger partial charge in [-0.25, -0.2) is 4.79 Å². The molecule has 2 rings (SSSR count). The number of aromatic amines is 1. The van der Waals surface area contributed by atoms with Crippen LogP contribution in [0.25, 0.3) is 0 Å². The van der Waals surface area contributed by atoms with Crippen molar-refractivity contribution in [3.63, 3.8) is 0 Å². The second-order valence-corrected chi connectivity index (χ2v) is 3.47. The fourth-order valence-electron chi connectivity index (χ4n) is 1.55. The zero-order valence-electron chi connectivity index (χ0n) is 8.93. The van der Waals surface area contributed by atoms with Crippen molar-refractivity contribution in [1.82, 2.24) is 9.55 Å². The first-order valence-electron chi connectivity index (χ1n) is 4.87. The van der Waals surface area contributed by atoms with Gasteiger partial charge in [-0.2, -0.15) is 0 Å². The molecule has 0 spiro atoms. The van der Waals surface area contributed by atoms with Gasteiger partial charge in [0.25, 0.3) is 0 Å². The molecular weight excluding hydrogens is 206 g/mol. The van der Waals surface area contributed by atoms with Gasteiger partial charge in [0.05, 0.1) is 19.3 Å². The van der Waals surface area contributed by atoms with E-state index < -0.39 is 0 Å². The van der Waals surface area contributed by atoms with E-state index in [2.05, 4.69) is 4.98 Å². The number of methoxy groups -OCH3 is 1. The Morgan fingerprint density at radius 2 is 2.31 bits per heavy atom. The number of nitrogens with one attached hydrogen (secondary N) is 1. The maximum atomic E-state index is 11.3. The average molecular weight is 219 g/mol. The fourth-order valence-corrected chi connectivity index (χ4v) is 1.55. The number of imidazole rings is 1. The van der Waals surface area contributed by atoms with Gasteiger partial charge in [0, 0.05) is 12.4 Å². The predicted molar refractivity (Wildman–Crippen MR) is 61.6 cm³/mol. The summed E-state index contributed by atoms with van der Waals surface area (Å²) in [6.07, 6.45) is 3.30. The number of ether oxygens (including phenoxy) is 1. The lowest BCUT2D eigenvalue weighted by atomic mass is 10.2. The van der Waals surface area contributed by atoms with Gasteiger partial charge in [-0.15, -0.1) is 0 Å². The standard InChI is InChI=1S/C11H13N3O2/c1-16-10-3-2-8(6-9(10)12)7-14-5-4-13-11(14)15/h2-6H,7,12H2,1H3,(H,13,15). The van der Waals surface area contributed by atoms with E-state index in [4.69, 9.17) is 10.5 Å². The first-order chi connectivity index (χ1) is 7.70. The number of anilines is 1. The number of rotatable bonds is 3. The number of benzene rings is 1. The number of nitrogen functional groups attached to an aromatic ring is 1. The molecule has 1 heterocycles. The molecule has 0 saturated carbocycles. The number of nitrogens with zero attached hydrogens (tertiary/aromatic N) is 1. The van der Waals surface area contributed by atoms with Gasteiger partial charge in [-0.3, -0.25) is 4.57 Å². The maximum Gasteiger partial charge on any atom is 0.325 e. The lowest BCUT2D eigenvalue weighted by Crippen LogP contribution is -2.16. The number of aromatic nitrogens is 2. The van der Waals surface area contributed by atoms with Crippen LogP contribution < -0.4 is 16.2 Å². The summed E-state index contributed by atoms with van der Waals surface area (Å²) in [5.74, 6) is 0.644. The highest BCUT2D eigenvalue weighted by molar-refractivity contribution is 5.54. The largest absolute Gasteiger partial charge is 0.495 e. The summed E-state index contributed by atoms with van der Waals surface area (Å²) >= 11 is 0. The molecule has 0 aliphatic heterocycles. The van der Waals surface area contributed by atoms with Gasteiger partial charge < -0.3 is 15.5 Å². The van der Waals surface area contributed by atoms with Gasteiger partial charge in [0.15, 0.2) is 0 Å². The van der Waals surface area contributed by atoms with E-state index in [0.29, 0.717) is 18.0 Å². The van der Waals surface area contributed by atoms with Gasteiger partial charge in [-0.1, -0.05) is 6.07 Å². The highest BCUT2D eigenvalue weighted by Crippen LogP contribution is 2.21. The lowest BCUT2D eigenvalue weighted by molar-refractivity contribution is 0.417. The van der Waals surface area contributed by atoms with E-state index in [-0.39, 0.29) is 5.69 Å². The molecule has 0 unspecified atom stereocenters. The molecular formula is C11H13N3O2. The normalized spacial score (nSPS) is 10.3. The quantitative estimate of drug-likeness (QED) is 0.750. The molecule has 0 aliphatic rings. The van der Waals surface area contributed by atoms with E-state index in [1.165, 1.54) is 0 Å². The second kappa shape index (κ2) is 4.14. The van der Waals surface area contributed by atoms with Crippen molar-refractivity contribution >= 4 is 5.69 Å². The van der Waals surface area contributed by atoms with Crippen molar-refractivity contribution in [3.8, 4) is 5.75 Å². The van der Waals surface area contributed by atoms with Crippen molar-refractivity contribution in [1.29, 1.82) is 0 Å². The van der Waals surface area contributed by atoms with Crippen LogP contribution in [0.15, 0.2) is 35.4 Å². The first-order valence-corrected chi connectivity index (χ1v) is 4.87. The van der Waals surface area contributed by atoms with Crippen LogP contribution in [0.4, 0.5) is 5.69 Å². The van der Waals surface area contributed by atoms with Gasteiger partial charge >= 0.3 is 5.69 Å². The summed E-state index contributed by atoms with van der Waals surface area (Å²) in [6.45, 7) is 0.497. The third-order valence-electron chi connectivity index (χ3n) is 2.37. The SMILES string of the molecule is COc1ccc(Cn2cc[nH]c2=O)cc1N. The summed E-state index contributed by atoms with van der Waals surface area (Å²) in [4.78, 5) is 13.9. The minimum atomic E-state index is -0.130.